The summed E-state index contributed by atoms with van der Waals surface area (Å²) in [5.74, 6) is 2.01. The Morgan fingerprint density at radius 1 is 1.27 bits per heavy atom. The topological polar surface area (TPSA) is 78.1 Å². The number of aromatic nitrogens is 3. The van der Waals surface area contributed by atoms with Gasteiger partial charge in [-0.15, -0.1) is 0 Å². The third-order valence-corrected chi connectivity index (χ3v) is 9.87. The van der Waals surface area contributed by atoms with E-state index in [4.69, 9.17) is 4.98 Å². The lowest BCUT2D eigenvalue weighted by Crippen LogP contribution is -2.62. The van der Waals surface area contributed by atoms with Crippen molar-refractivity contribution in [2.45, 2.75) is 51.5 Å². The van der Waals surface area contributed by atoms with Gasteiger partial charge < -0.3 is 9.80 Å². The van der Waals surface area contributed by atoms with E-state index in [0.29, 0.717) is 17.4 Å². The maximum absolute atomic E-state index is 12.2. The molecule has 7 nitrogen and oxygen atoms in total. The molecular formula is C30H32N6O. The second-order valence-electron chi connectivity index (χ2n) is 11.7. The molecule has 37 heavy (non-hydrogen) atoms. The molecule has 4 heterocycles. The van der Waals surface area contributed by atoms with Crippen LogP contribution >= 0.6 is 0 Å². The second kappa shape index (κ2) is 7.67. The Bertz CT molecular complexity index is 1530. The highest BCUT2D eigenvalue weighted by Crippen LogP contribution is 2.55. The van der Waals surface area contributed by atoms with Gasteiger partial charge in [0.05, 0.1) is 11.7 Å². The van der Waals surface area contributed by atoms with Crippen molar-refractivity contribution >= 4 is 22.6 Å². The summed E-state index contributed by atoms with van der Waals surface area (Å²) in [4.78, 5) is 21.7. The van der Waals surface area contributed by atoms with Crippen LogP contribution in [0.1, 0.15) is 54.5 Å². The van der Waals surface area contributed by atoms with Crippen molar-refractivity contribution < 1.29 is 4.79 Å². The number of hydrogen-bond acceptors (Lipinski definition) is 5. The highest BCUT2D eigenvalue weighted by atomic mass is 16.2. The zero-order valence-electron chi connectivity index (χ0n) is 21.8. The van der Waals surface area contributed by atoms with Crippen molar-refractivity contribution in [2.75, 3.05) is 24.5 Å². The molecule has 2 aromatic heterocycles. The molecule has 2 saturated heterocycles. The number of amides is 1. The van der Waals surface area contributed by atoms with Crippen molar-refractivity contribution in [3.05, 3.63) is 53.4 Å². The molecule has 2 bridgehead atoms. The van der Waals surface area contributed by atoms with Crippen LogP contribution in [0.5, 0.6) is 0 Å². The quantitative estimate of drug-likeness (QED) is 0.504. The third kappa shape index (κ3) is 2.96. The first-order valence-electron chi connectivity index (χ1n) is 13.4. The molecule has 0 unspecified atom stereocenters. The highest BCUT2D eigenvalue weighted by Gasteiger charge is 2.54. The molecule has 5 aliphatic rings. The lowest BCUT2D eigenvalue weighted by molar-refractivity contribution is -0.138. The number of fused-ring (bicyclic) bond motifs is 1. The van der Waals surface area contributed by atoms with Gasteiger partial charge in [-0.1, -0.05) is 18.7 Å². The number of carbonyl (C=O) groups excluding carboxylic acids is 1. The maximum Gasteiger partial charge on any atom is 0.245 e. The molecule has 1 saturated carbocycles. The molecule has 3 aromatic rings. The number of hydrogen-bond donors (Lipinski definition) is 0. The van der Waals surface area contributed by atoms with Gasteiger partial charge in [0, 0.05) is 66.3 Å². The van der Waals surface area contributed by atoms with E-state index < -0.39 is 0 Å². The van der Waals surface area contributed by atoms with Gasteiger partial charge >= 0.3 is 0 Å². The SMILES string of the molecule is C=CC(=O)N1CC2(CCN(c3nc4c(c(-c5c(C)ccc6cnn(C)c56)c3C#N)CC3CC4C3)[C@H]2C)C1. The van der Waals surface area contributed by atoms with Crippen molar-refractivity contribution in [2.24, 2.45) is 18.4 Å². The Hall–Kier alpha value is -3.66. The first kappa shape index (κ1) is 22.5. The number of rotatable bonds is 3. The Balaban J connectivity index is 1.42. The van der Waals surface area contributed by atoms with Gasteiger partial charge in [-0.2, -0.15) is 10.4 Å². The molecule has 1 spiro atoms. The fourth-order valence-electron chi connectivity index (χ4n) is 7.65. The number of likely N-dealkylation sites (tertiary alicyclic amines) is 1. The fourth-order valence-corrected chi connectivity index (χ4v) is 7.65. The lowest BCUT2D eigenvalue weighted by atomic mass is 9.63. The summed E-state index contributed by atoms with van der Waals surface area (Å²) in [6, 6.07) is 7.10. The number of anilines is 1. The number of carbonyl (C=O) groups is 1. The molecule has 1 atom stereocenters. The maximum atomic E-state index is 12.2. The zero-order chi connectivity index (χ0) is 25.6. The van der Waals surface area contributed by atoms with E-state index in [1.807, 2.05) is 22.8 Å². The molecule has 2 aliphatic heterocycles. The summed E-state index contributed by atoms with van der Waals surface area (Å²) in [7, 11) is 1.99. The number of nitriles is 1. The van der Waals surface area contributed by atoms with E-state index in [2.05, 4.69) is 48.6 Å². The number of benzene rings is 1. The Kier molecular flexibility index (Phi) is 4.67. The summed E-state index contributed by atoms with van der Waals surface area (Å²) in [5, 5.41) is 16.4. The minimum atomic E-state index is 0.00228. The van der Waals surface area contributed by atoms with E-state index in [1.54, 1.807) is 0 Å². The molecule has 188 valence electrons. The molecule has 3 fully saturated rings. The molecule has 1 amide bonds. The van der Waals surface area contributed by atoms with Gasteiger partial charge in [-0.05, 0) is 62.7 Å². The van der Waals surface area contributed by atoms with Crippen LogP contribution in [-0.2, 0) is 18.3 Å². The Morgan fingerprint density at radius 2 is 2.05 bits per heavy atom. The first-order chi connectivity index (χ1) is 17.8. The van der Waals surface area contributed by atoms with Gasteiger partial charge in [0.1, 0.15) is 17.5 Å². The molecule has 3 aliphatic carbocycles. The summed E-state index contributed by atoms with van der Waals surface area (Å²) >= 11 is 0. The molecular weight excluding hydrogens is 460 g/mol. The van der Waals surface area contributed by atoms with Crippen molar-refractivity contribution in [3.63, 3.8) is 0 Å². The first-order valence-corrected chi connectivity index (χ1v) is 13.4. The Labute approximate surface area is 217 Å². The van der Waals surface area contributed by atoms with Gasteiger partial charge in [0.25, 0.3) is 0 Å². The standard InChI is InChI=1S/C30H32N6O/c1-5-24(37)35-15-30(16-35)8-9-36(18(30)3)29-23(13-31)26(22-12-19-10-21(11-19)27(22)33-29)25-17(2)6-7-20-14-32-34(4)28(20)25/h5-7,14,18-19,21H,1,8-12,15-16H2,2-4H3/t18-,19?,21?/m0/s1. The van der Waals surface area contributed by atoms with Crippen LogP contribution in [-0.4, -0.2) is 51.2 Å². The van der Waals surface area contributed by atoms with E-state index in [9.17, 15) is 10.1 Å². The average Bonchev–Trinajstić information content (AvgIpc) is 3.40. The van der Waals surface area contributed by atoms with Crippen LogP contribution < -0.4 is 4.90 Å². The van der Waals surface area contributed by atoms with Gasteiger partial charge in [-0.25, -0.2) is 4.98 Å². The predicted molar refractivity (Wildman–Crippen MR) is 143 cm³/mol. The normalized spacial score (nSPS) is 25.0. The van der Waals surface area contributed by atoms with Crippen LogP contribution in [0.15, 0.2) is 31.0 Å². The minimum Gasteiger partial charge on any atom is -0.352 e. The molecule has 0 radical (unpaired) electrons. The van der Waals surface area contributed by atoms with E-state index in [0.717, 1.165) is 65.9 Å². The molecule has 1 aromatic carbocycles. The van der Waals surface area contributed by atoms with Gasteiger partial charge in [0.2, 0.25) is 5.91 Å². The number of nitrogens with zero attached hydrogens (tertiary/aromatic N) is 6. The van der Waals surface area contributed by atoms with Crippen LogP contribution in [0, 0.1) is 29.6 Å². The smallest absolute Gasteiger partial charge is 0.245 e. The van der Waals surface area contributed by atoms with Crippen molar-refractivity contribution in [1.29, 1.82) is 5.26 Å². The van der Waals surface area contributed by atoms with Crippen LogP contribution in [0.3, 0.4) is 0 Å². The third-order valence-electron chi connectivity index (χ3n) is 9.87. The summed E-state index contributed by atoms with van der Waals surface area (Å²) < 4.78 is 1.95. The van der Waals surface area contributed by atoms with Crippen LogP contribution in [0.4, 0.5) is 5.82 Å². The summed E-state index contributed by atoms with van der Waals surface area (Å²) in [6.07, 6.45) is 7.72. The van der Waals surface area contributed by atoms with Crippen molar-refractivity contribution in [1.82, 2.24) is 19.7 Å². The highest BCUT2D eigenvalue weighted by molar-refractivity contribution is 5.99. The van der Waals surface area contributed by atoms with Crippen LogP contribution in [0.25, 0.3) is 22.0 Å². The average molecular weight is 493 g/mol. The second-order valence-corrected chi connectivity index (χ2v) is 11.7. The minimum absolute atomic E-state index is 0.00228. The monoisotopic (exact) mass is 492 g/mol. The molecule has 8 rings (SSSR count). The van der Waals surface area contributed by atoms with Crippen LogP contribution in [0.2, 0.25) is 0 Å². The summed E-state index contributed by atoms with van der Waals surface area (Å²) in [6.45, 7) is 10.4. The van der Waals surface area contributed by atoms with Gasteiger partial charge in [-0.3, -0.25) is 9.48 Å². The van der Waals surface area contributed by atoms with E-state index >= 15 is 0 Å². The number of pyridine rings is 1. The summed E-state index contributed by atoms with van der Waals surface area (Å²) in [5.41, 5.74) is 7.67. The zero-order valence-corrected chi connectivity index (χ0v) is 21.8. The Morgan fingerprint density at radius 3 is 2.78 bits per heavy atom. The number of aryl methyl sites for hydroxylation is 2. The lowest BCUT2D eigenvalue weighted by Gasteiger charge is -2.51. The van der Waals surface area contributed by atoms with Gasteiger partial charge in [0.15, 0.2) is 0 Å². The molecule has 0 N–H and O–H groups in total. The van der Waals surface area contributed by atoms with Crippen molar-refractivity contribution in [3.8, 4) is 17.2 Å². The predicted octanol–water partition coefficient (Wildman–Crippen LogP) is 4.48. The van der Waals surface area contributed by atoms with E-state index in [-0.39, 0.29) is 17.4 Å². The molecule has 7 heteroatoms. The fraction of sp³-hybridized carbons (Fsp3) is 0.467. The van der Waals surface area contributed by atoms with E-state index in [1.165, 1.54) is 30.2 Å². The largest absolute Gasteiger partial charge is 0.352 e.